The van der Waals surface area contributed by atoms with E-state index in [-0.39, 0.29) is 11.5 Å². The molecule has 10 heteroatoms. The molecule has 8 nitrogen and oxygen atoms in total. The van der Waals surface area contributed by atoms with Gasteiger partial charge in [-0.15, -0.1) is 0 Å². The molecule has 2 rings (SSSR count). The first-order valence-electron chi connectivity index (χ1n) is 6.80. The number of sulfonamides is 1. The van der Waals surface area contributed by atoms with Gasteiger partial charge in [-0.25, -0.2) is 13.1 Å². The van der Waals surface area contributed by atoms with E-state index < -0.39 is 20.2 Å². The molecule has 0 saturated carbocycles. The molecule has 2 aliphatic rings. The fourth-order valence-electron chi connectivity index (χ4n) is 2.59. The largest absolute Gasteiger partial charge is 0.372 e. The molecular weight excluding hydrogens is 318 g/mol. The van der Waals surface area contributed by atoms with E-state index in [1.165, 1.54) is 22.7 Å². The molecule has 124 valence electrons. The second kappa shape index (κ2) is 5.74. The van der Waals surface area contributed by atoms with E-state index in [1.807, 2.05) is 0 Å². The highest BCUT2D eigenvalue weighted by Crippen LogP contribution is 2.37. The number of hydrogen-bond donors (Lipinski definition) is 1. The normalized spacial score (nSPS) is 27.0. The first kappa shape index (κ1) is 17.1. The third-order valence-electron chi connectivity index (χ3n) is 3.98. The molecule has 1 atom stereocenters. The van der Waals surface area contributed by atoms with Gasteiger partial charge in [0.2, 0.25) is 10.0 Å². The molecule has 0 aromatic heterocycles. The third kappa shape index (κ3) is 3.93. The van der Waals surface area contributed by atoms with Gasteiger partial charge in [-0.1, -0.05) is 0 Å². The maximum absolute atomic E-state index is 11.9. The Morgan fingerprint density at radius 3 is 2.33 bits per heavy atom. The third-order valence-corrected chi connectivity index (χ3v) is 6.51. The predicted octanol–water partition coefficient (Wildman–Crippen LogP) is -1.18. The van der Waals surface area contributed by atoms with Gasteiger partial charge in [-0.3, -0.25) is 0 Å². The molecule has 1 N–H and O–H groups in total. The van der Waals surface area contributed by atoms with Crippen LogP contribution >= 0.6 is 0 Å². The number of ether oxygens (including phenoxy) is 1. The van der Waals surface area contributed by atoms with Crippen molar-refractivity contribution in [3.05, 3.63) is 0 Å². The highest BCUT2D eigenvalue weighted by atomic mass is 32.2. The zero-order valence-corrected chi connectivity index (χ0v) is 14.2. The monoisotopic (exact) mass is 341 g/mol. The summed E-state index contributed by atoms with van der Waals surface area (Å²) in [4.78, 5) is 0. The quantitative estimate of drug-likeness (QED) is 0.679. The minimum Gasteiger partial charge on any atom is -0.372 e. The molecule has 1 spiro atoms. The molecule has 2 aliphatic heterocycles. The van der Waals surface area contributed by atoms with Crippen molar-refractivity contribution in [3.8, 4) is 0 Å². The lowest BCUT2D eigenvalue weighted by Gasteiger charge is -2.52. The second-order valence-electron chi connectivity index (χ2n) is 6.08. The van der Waals surface area contributed by atoms with Crippen molar-refractivity contribution in [2.45, 2.75) is 18.4 Å². The van der Waals surface area contributed by atoms with Crippen molar-refractivity contribution in [1.29, 1.82) is 0 Å². The van der Waals surface area contributed by atoms with E-state index in [0.717, 1.165) is 19.1 Å². The van der Waals surface area contributed by atoms with Crippen LogP contribution in [0.5, 0.6) is 0 Å². The van der Waals surface area contributed by atoms with Crippen LogP contribution in [0.15, 0.2) is 0 Å². The van der Waals surface area contributed by atoms with Crippen LogP contribution in [0.2, 0.25) is 0 Å². The summed E-state index contributed by atoms with van der Waals surface area (Å²) in [5.41, 5.74) is -0.384. The molecule has 0 aromatic carbocycles. The summed E-state index contributed by atoms with van der Waals surface area (Å²) in [5.74, 6) is 0.143. The Bertz CT molecular complexity index is 571. The molecule has 2 heterocycles. The van der Waals surface area contributed by atoms with E-state index in [2.05, 4.69) is 4.72 Å². The van der Waals surface area contributed by atoms with Crippen molar-refractivity contribution < 1.29 is 21.6 Å². The molecule has 21 heavy (non-hydrogen) atoms. The van der Waals surface area contributed by atoms with Crippen LogP contribution in [-0.2, 0) is 25.0 Å². The van der Waals surface area contributed by atoms with Gasteiger partial charge in [0.15, 0.2) is 0 Å². The topological polar surface area (TPSA) is 96.0 Å². The zero-order valence-electron chi connectivity index (χ0n) is 12.6. The predicted molar refractivity (Wildman–Crippen MR) is 78.4 cm³/mol. The van der Waals surface area contributed by atoms with E-state index in [9.17, 15) is 16.8 Å². The van der Waals surface area contributed by atoms with Crippen LogP contribution in [0.25, 0.3) is 0 Å². The number of nitrogens with one attached hydrogen (secondary N) is 1. The van der Waals surface area contributed by atoms with E-state index in [1.54, 1.807) is 0 Å². The average Bonchev–Trinajstić information content (AvgIpc) is 2.33. The molecule has 2 saturated heterocycles. The van der Waals surface area contributed by atoms with E-state index in [0.29, 0.717) is 26.2 Å². The minimum atomic E-state index is -3.36. The number of nitrogens with zero attached hydrogens (tertiary/aromatic N) is 2. The van der Waals surface area contributed by atoms with Gasteiger partial charge < -0.3 is 4.74 Å². The summed E-state index contributed by atoms with van der Waals surface area (Å²) in [6.07, 6.45) is 2.72. The molecular formula is C11H23N3O5S2. The van der Waals surface area contributed by atoms with E-state index >= 15 is 0 Å². The van der Waals surface area contributed by atoms with Gasteiger partial charge in [0.05, 0.1) is 18.5 Å². The zero-order chi connectivity index (χ0) is 15.9. The molecule has 0 amide bonds. The van der Waals surface area contributed by atoms with Gasteiger partial charge in [-0.05, 0) is 18.8 Å². The number of rotatable bonds is 5. The summed E-state index contributed by atoms with van der Waals surface area (Å²) < 4.78 is 56.9. The van der Waals surface area contributed by atoms with Gasteiger partial charge in [0.25, 0.3) is 10.2 Å². The van der Waals surface area contributed by atoms with Crippen molar-refractivity contribution in [2.24, 2.45) is 5.92 Å². The SMILES string of the molecule is CN(C)S(=O)(=O)N1CC2(CCC(CNS(C)(=O)=O)CO2)C1. The van der Waals surface area contributed by atoms with Gasteiger partial charge in [0, 0.05) is 33.7 Å². The second-order valence-corrected chi connectivity index (χ2v) is 10.1. The fourth-order valence-corrected chi connectivity index (χ4v) is 4.38. The molecule has 0 bridgehead atoms. The summed E-state index contributed by atoms with van der Waals surface area (Å²) in [6, 6.07) is 0. The Labute approximate surface area is 126 Å². The van der Waals surface area contributed by atoms with Crippen molar-refractivity contribution in [2.75, 3.05) is 46.6 Å². The molecule has 0 aromatic rings. The first-order chi connectivity index (χ1) is 9.54. The Hall–Kier alpha value is -0.260. The highest BCUT2D eigenvalue weighted by molar-refractivity contribution is 7.88. The Balaban J connectivity index is 1.81. The van der Waals surface area contributed by atoms with Crippen LogP contribution in [0.4, 0.5) is 0 Å². The summed E-state index contributed by atoms with van der Waals surface area (Å²) in [5, 5.41) is 0. The lowest BCUT2D eigenvalue weighted by atomic mass is 9.84. The standard InChI is InChI=1S/C11H23N3O5S2/c1-13(2)21(17,18)14-8-11(9-14)5-4-10(7-19-11)6-12-20(3,15)16/h10,12H,4-9H2,1-3H3. The summed E-state index contributed by atoms with van der Waals surface area (Å²) >= 11 is 0. The lowest BCUT2D eigenvalue weighted by molar-refractivity contribution is -0.156. The smallest absolute Gasteiger partial charge is 0.281 e. The Kier molecular flexibility index (Phi) is 4.68. The van der Waals surface area contributed by atoms with Gasteiger partial charge in [-0.2, -0.15) is 17.0 Å². The Morgan fingerprint density at radius 1 is 1.29 bits per heavy atom. The number of hydrogen-bond acceptors (Lipinski definition) is 5. The first-order valence-corrected chi connectivity index (χ1v) is 10.1. The maximum atomic E-state index is 11.9. The van der Waals surface area contributed by atoms with Crippen molar-refractivity contribution in [3.63, 3.8) is 0 Å². The van der Waals surface area contributed by atoms with Crippen LogP contribution in [0.1, 0.15) is 12.8 Å². The van der Waals surface area contributed by atoms with Gasteiger partial charge >= 0.3 is 0 Å². The minimum absolute atomic E-state index is 0.143. The van der Waals surface area contributed by atoms with Crippen molar-refractivity contribution in [1.82, 2.24) is 13.3 Å². The highest BCUT2D eigenvalue weighted by Gasteiger charge is 2.51. The lowest BCUT2D eigenvalue weighted by Crippen LogP contribution is -2.67. The molecule has 0 radical (unpaired) electrons. The molecule has 0 aliphatic carbocycles. The molecule has 1 unspecified atom stereocenters. The summed E-state index contributed by atoms with van der Waals surface area (Å²) in [7, 11) is -3.53. The summed E-state index contributed by atoms with van der Waals surface area (Å²) in [6.45, 7) is 1.58. The Morgan fingerprint density at radius 2 is 1.90 bits per heavy atom. The van der Waals surface area contributed by atoms with Crippen LogP contribution < -0.4 is 4.72 Å². The molecule has 2 fully saturated rings. The maximum Gasteiger partial charge on any atom is 0.281 e. The van der Waals surface area contributed by atoms with Crippen LogP contribution in [0.3, 0.4) is 0 Å². The van der Waals surface area contributed by atoms with Gasteiger partial charge in [0.1, 0.15) is 0 Å². The van der Waals surface area contributed by atoms with Crippen LogP contribution in [-0.4, -0.2) is 77.6 Å². The van der Waals surface area contributed by atoms with Crippen LogP contribution in [0, 0.1) is 5.92 Å². The fraction of sp³-hybridized carbons (Fsp3) is 1.00. The van der Waals surface area contributed by atoms with Crippen molar-refractivity contribution >= 4 is 20.2 Å². The van der Waals surface area contributed by atoms with E-state index in [4.69, 9.17) is 4.74 Å². The average molecular weight is 341 g/mol.